The maximum absolute atomic E-state index is 10.9. The van der Waals surface area contributed by atoms with Gasteiger partial charge in [-0.1, -0.05) is 13.3 Å². The summed E-state index contributed by atoms with van der Waals surface area (Å²) in [6.45, 7) is 1.99. The number of amides is 1. The Labute approximate surface area is 82.9 Å². The molecule has 0 saturated carbocycles. The maximum atomic E-state index is 10.9. The van der Waals surface area contributed by atoms with Crippen molar-refractivity contribution in [2.75, 3.05) is 0 Å². The molecule has 5 nitrogen and oxygen atoms in total. The summed E-state index contributed by atoms with van der Waals surface area (Å²) in [6, 6.07) is 0. The molecule has 1 amide bonds. The van der Waals surface area contributed by atoms with Crippen LogP contribution < -0.4 is 5.73 Å². The number of nitrogens with two attached hydrogens (primary N) is 1. The number of carbonyl (C=O) groups is 1. The minimum absolute atomic E-state index is 0.184. The van der Waals surface area contributed by atoms with E-state index >= 15 is 0 Å². The third-order valence-electron chi connectivity index (χ3n) is 2.44. The van der Waals surface area contributed by atoms with Crippen LogP contribution in [0.5, 0.6) is 0 Å². The van der Waals surface area contributed by atoms with Crippen LogP contribution in [0.1, 0.15) is 26.2 Å². The molecule has 0 aliphatic carbocycles. The van der Waals surface area contributed by atoms with Gasteiger partial charge in [0.15, 0.2) is 6.10 Å². The van der Waals surface area contributed by atoms with E-state index in [4.69, 9.17) is 10.5 Å². The Bertz CT molecular complexity index is 209. The summed E-state index contributed by atoms with van der Waals surface area (Å²) in [6.07, 6.45) is -1.35. The fraction of sp³-hybridized carbons (Fsp3) is 0.889. The smallest absolute Gasteiger partial charge is 0.249 e. The Morgan fingerprint density at radius 2 is 2.21 bits per heavy atom. The first kappa shape index (κ1) is 11.4. The number of hydrogen-bond acceptors (Lipinski definition) is 4. The van der Waals surface area contributed by atoms with E-state index in [1.54, 1.807) is 0 Å². The highest BCUT2D eigenvalue weighted by atomic mass is 16.5. The Kier molecular flexibility index (Phi) is 3.86. The van der Waals surface area contributed by atoms with Gasteiger partial charge < -0.3 is 20.7 Å². The van der Waals surface area contributed by atoms with Crippen molar-refractivity contribution in [1.82, 2.24) is 0 Å². The van der Waals surface area contributed by atoms with Crippen LogP contribution in [0.25, 0.3) is 0 Å². The monoisotopic (exact) mass is 203 g/mol. The highest BCUT2D eigenvalue weighted by molar-refractivity contribution is 5.79. The molecule has 0 radical (unpaired) electrons. The van der Waals surface area contributed by atoms with Gasteiger partial charge in [0.25, 0.3) is 0 Å². The minimum Gasteiger partial charge on any atom is -0.390 e. The van der Waals surface area contributed by atoms with E-state index in [9.17, 15) is 15.0 Å². The molecule has 4 unspecified atom stereocenters. The van der Waals surface area contributed by atoms with Crippen LogP contribution in [0.2, 0.25) is 0 Å². The van der Waals surface area contributed by atoms with Gasteiger partial charge in [0, 0.05) is 6.42 Å². The van der Waals surface area contributed by atoms with Gasteiger partial charge in [-0.25, -0.2) is 0 Å². The maximum Gasteiger partial charge on any atom is 0.249 e. The van der Waals surface area contributed by atoms with E-state index in [1.807, 2.05) is 6.92 Å². The van der Waals surface area contributed by atoms with Crippen LogP contribution in [0, 0.1) is 0 Å². The molecular formula is C9H17NO4. The normalized spacial score (nSPS) is 38.2. The van der Waals surface area contributed by atoms with Crippen LogP contribution >= 0.6 is 0 Å². The molecule has 14 heavy (non-hydrogen) atoms. The van der Waals surface area contributed by atoms with E-state index in [2.05, 4.69) is 0 Å². The van der Waals surface area contributed by atoms with Crippen molar-refractivity contribution >= 4 is 5.91 Å². The van der Waals surface area contributed by atoms with Crippen molar-refractivity contribution in [3.8, 4) is 0 Å². The average Bonchev–Trinajstić information content (AvgIpc) is 2.11. The highest BCUT2D eigenvalue weighted by Gasteiger charge is 2.39. The lowest BCUT2D eigenvalue weighted by Gasteiger charge is -2.35. The molecule has 0 spiro atoms. The number of rotatable bonds is 3. The molecule has 1 fully saturated rings. The molecule has 1 saturated heterocycles. The van der Waals surface area contributed by atoms with Gasteiger partial charge in [0.1, 0.15) is 6.10 Å². The predicted molar refractivity (Wildman–Crippen MR) is 49.4 cm³/mol. The molecule has 82 valence electrons. The zero-order valence-corrected chi connectivity index (χ0v) is 8.22. The molecule has 1 aliphatic rings. The number of primary amides is 1. The van der Waals surface area contributed by atoms with Crippen molar-refractivity contribution in [2.24, 2.45) is 5.73 Å². The van der Waals surface area contributed by atoms with E-state index in [0.717, 1.165) is 12.8 Å². The van der Waals surface area contributed by atoms with Crippen LogP contribution in [-0.2, 0) is 9.53 Å². The van der Waals surface area contributed by atoms with Gasteiger partial charge >= 0.3 is 0 Å². The van der Waals surface area contributed by atoms with Crippen LogP contribution in [-0.4, -0.2) is 40.5 Å². The van der Waals surface area contributed by atoms with Crippen LogP contribution in [0.3, 0.4) is 0 Å². The lowest BCUT2D eigenvalue weighted by Crippen LogP contribution is -2.53. The Morgan fingerprint density at radius 3 is 2.71 bits per heavy atom. The molecule has 0 aromatic rings. The average molecular weight is 203 g/mol. The van der Waals surface area contributed by atoms with E-state index in [1.165, 1.54) is 0 Å². The fourth-order valence-electron chi connectivity index (χ4n) is 1.70. The predicted octanol–water partition coefficient (Wildman–Crippen LogP) is -0.849. The van der Waals surface area contributed by atoms with Gasteiger partial charge in [-0.2, -0.15) is 0 Å². The highest BCUT2D eigenvalue weighted by Crippen LogP contribution is 2.23. The summed E-state index contributed by atoms with van der Waals surface area (Å²) in [7, 11) is 0. The number of ether oxygens (including phenoxy) is 1. The van der Waals surface area contributed by atoms with Gasteiger partial charge in [-0.05, 0) is 6.42 Å². The van der Waals surface area contributed by atoms with Crippen molar-refractivity contribution in [1.29, 1.82) is 0 Å². The summed E-state index contributed by atoms with van der Waals surface area (Å²) in [5.41, 5.74) is 5.04. The zero-order chi connectivity index (χ0) is 10.7. The summed E-state index contributed by atoms with van der Waals surface area (Å²) >= 11 is 0. The number of hydrogen-bond donors (Lipinski definition) is 3. The van der Waals surface area contributed by atoms with Gasteiger partial charge in [0.2, 0.25) is 5.91 Å². The van der Waals surface area contributed by atoms with E-state index in [-0.39, 0.29) is 6.10 Å². The fourth-order valence-corrected chi connectivity index (χ4v) is 1.70. The molecule has 4 N–H and O–H groups in total. The summed E-state index contributed by atoms with van der Waals surface area (Å²) in [5, 5.41) is 18.9. The second kappa shape index (κ2) is 4.72. The first-order valence-electron chi connectivity index (χ1n) is 4.87. The molecule has 1 heterocycles. The third kappa shape index (κ3) is 2.43. The molecule has 5 heteroatoms. The Balaban J connectivity index is 2.61. The van der Waals surface area contributed by atoms with Crippen LogP contribution in [0.4, 0.5) is 0 Å². The van der Waals surface area contributed by atoms with Gasteiger partial charge in [-0.15, -0.1) is 0 Å². The Hall–Kier alpha value is -0.650. The molecule has 1 rings (SSSR count). The Morgan fingerprint density at radius 1 is 1.57 bits per heavy atom. The quantitative estimate of drug-likeness (QED) is 0.557. The standard InChI is InChI=1S/C9H17NO4/c1-2-3-5-4-6(11)7(12)8(14-5)9(10)13/h5-8,11-12H,2-4H2,1H3,(H2,10,13). The number of carbonyl (C=O) groups excluding carboxylic acids is 1. The lowest BCUT2D eigenvalue weighted by atomic mass is 9.95. The second-order valence-electron chi connectivity index (χ2n) is 3.66. The molecule has 0 bridgehead atoms. The molecule has 1 aliphatic heterocycles. The molecular weight excluding hydrogens is 186 g/mol. The molecule has 0 aromatic heterocycles. The van der Waals surface area contributed by atoms with Crippen molar-refractivity contribution < 1.29 is 19.7 Å². The zero-order valence-electron chi connectivity index (χ0n) is 8.22. The van der Waals surface area contributed by atoms with E-state index in [0.29, 0.717) is 6.42 Å². The summed E-state index contributed by atoms with van der Waals surface area (Å²) in [4.78, 5) is 10.9. The van der Waals surface area contributed by atoms with Crippen molar-refractivity contribution in [2.45, 2.75) is 50.6 Å². The third-order valence-corrected chi connectivity index (χ3v) is 2.44. The van der Waals surface area contributed by atoms with E-state index < -0.39 is 24.2 Å². The van der Waals surface area contributed by atoms with Gasteiger partial charge in [-0.3, -0.25) is 4.79 Å². The lowest BCUT2D eigenvalue weighted by molar-refractivity contribution is -0.179. The second-order valence-corrected chi connectivity index (χ2v) is 3.66. The minimum atomic E-state index is -1.19. The first-order valence-corrected chi connectivity index (χ1v) is 4.87. The number of aliphatic hydroxyl groups is 2. The number of aliphatic hydroxyl groups excluding tert-OH is 2. The van der Waals surface area contributed by atoms with Crippen molar-refractivity contribution in [3.63, 3.8) is 0 Å². The van der Waals surface area contributed by atoms with Gasteiger partial charge in [0.05, 0.1) is 12.2 Å². The summed E-state index contributed by atoms with van der Waals surface area (Å²) < 4.78 is 5.29. The summed E-state index contributed by atoms with van der Waals surface area (Å²) in [5.74, 6) is -0.725. The van der Waals surface area contributed by atoms with Crippen molar-refractivity contribution in [3.05, 3.63) is 0 Å². The SMILES string of the molecule is CCCC1CC(O)C(O)C(C(N)=O)O1. The largest absolute Gasteiger partial charge is 0.390 e. The first-order chi connectivity index (χ1) is 6.56. The molecule has 4 atom stereocenters. The van der Waals surface area contributed by atoms with Crippen LogP contribution in [0.15, 0.2) is 0 Å². The topological polar surface area (TPSA) is 92.8 Å². The molecule has 0 aromatic carbocycles.